The van der Waals surface area contributed by atoms with Crippen LogP contribution in [-0.2, 0) is 16.6 Å². The van der Waals surface area contributed by atoms with E-state index >= 15 is 0 Å². The quantitative estimate of drug-likeness (QED) is 0.538. The molecule has 2 N–H and O–H groups in total. The minimum atomic E-state index is -0.201. The van der Waals surface area contributed by atoms with Crippen molar-refractivity contribution in [3.05, 3.63) is 65.0 Å². The predicted octanol–water partition coefficient (Wildman–Crippen LogP) is 3.60. The number of hydrogen-bond donors (Lipinski definition) is 2. The Hall–Kier alpha value is -2.60. The fourth-order valence-electron chi connectivity index (χ4n) is 4.04. The van der Waals surface area contributed by atoms with Crippen LogP contribution in [0, 0.1) is 12.7 Å². The van der Waals surface area contributed by atoms with E-state index in [4.69, 9.17) is 9.47 Å². The maximum Gasteiger partial charge on any atom is 0.191 e. The first-order valence-corrected chi connectivity index (χ1v) is 10.5. The van der Waals surface area contributed by atoms with E-state index in [-0.39, 0.29) is 11.2 Å². The lowest BCUT2D eigenvalue weighted by Crippen LogP contribution is -2.48. The predicted molar refractivity (Wildman–Crippen MR) is 119 cm³/mol. The second kappa shape index (κ2) is 10.4. The van der Waals surface area contributed by atoms with Gasteiger partial charge >= 0.3 is 0 Å². The molecule has 30 heavy (non-hydrogen) atoms. The van der Waals surface area contributed by atoms with Crippen LogP contribution in [0.3, 0.4) is 0 Å². The van der Waals surface area contributed by atoms with E-state index in [0.717, 1.165) is 43.1 Å². The average molecular weight is 414 g/mol. The van der Waals surface area contributed by atoms with Gasteiger partial charge in [-0.2, -0.15) is 0 Å². The summed E-state index contributed by atoms with van der Waals surface area (Å²) in [6.45, 7) is 4.84. The highest BCUT2D eigenvalue weighted by Gasteiger charge is 2.34. The van der Waals surface area contributed by atoms with Crippen LogP contribution in [0.4, 0.5) is 4.39 Å². The zero-order valence-corrected chi connectivity index (χ0v) is 18.1. The molecule has 5 nitrogen and oxygen atoms in total. The van der Waals surface area contributed by atoms with Gasteiger partial charge in [-0.25, -0.2) is 4.39 Å². The lowest BCUT2D eigenvalue weighted by molar-refractivity contribution is 0.0513. The van der Waals surface area contributed by atoms with Gasteiger partial charge < -0.3 is 20.1 Å². The molecule has 0 radical (unpaired) electrons. The Bertz CT molecular complexity index is 863. The van der Waals surface area contributed by atoms with Crippen molar-refractivity contribution in [3.63, 3.8) is 0 Å². The van der Waals surface area contributed by atoms with E-state index in [9.17, 15) is 4.39 Å². The molecule has 2 aromatic rings. The lowest BCUT2D eigenvalue weighted by atomic mass is 9.74. The standard InChI is InChI=1S/C24H32FN3O2/c1-18-7-8-22(29-3)19(15-18)9-12-27-23(26-2)28-17-24(10-13-30-14-11-24)20-5-4-6-21(25)16-20/h4-8,15-16H,9-14,17H2,1-3H3,(H2,26,27,28). The van der Waals surface area contributed by atoms with E-state index in [1.807, 2.05) is 12.1 Å². The molecule has 0 spiro atoms. The summed E-state index contributed by atoms with van der Waals surface area (Å²) in [6, 6.07) is 13.1. The maximum atomic E-state index is 13.9. The minimum absolute atomic E-state index is 0.169. The summed E-state index contributed by atoms with van der Waals surface area (Å²) < 4.78 is 24.9. The second-order valence-corrected chi connectivity index (χ2v) is 7.82. The fourth-order valence-corrected chi connectivity index (χ4v) is 4.04. The van der Waals surface area contributed by atoms with Crippen LogP contribution in [-0.4, -0.2) is 46.4 Å². The van der Waals surface area contributed by atoms with Crippen molar-refractivity contribution in [2.45, 2.75) is 31.6 Å². The first-order chi connectivity index (χ1) is 14.6. The van der Waals surface area contributed by atoms with Crippen molar-refractivity contribution in [3.8, 4) is 5.75 Å². The molecule has 0 aromatic heterocycles. The molecule has 3 rings (SSSR count). The van der Waals surface area contributed by atoms with Gasteiger partial charge in [0.2, 0.25) is 0 Å². The average Bonchev–Trinajstić information content (AvgIpc) is 2.77. The second-order valence-electron chi connectivity index (χ2n) is 7.82. The number of ether oxygens (including phenoxy) is 2. The number of guanidine groups is 1. The largest absolute Gasteiger partial charge is 0.496 e. The zero-order valence-electron chi connectivity index (χ0n) is 18.1. The van der Waals surface area contributed by atoms with Gasteiger partial charge in [-0.1, -0.05) is 29.8 Å². The van der Waals surface area contributed by atoms with Crippen molar-refractivity contribution >= 4 is 5.96 Å². The Morgan fingerprint density at radius 1 is 1.17 bits per heavy atom. The molecule has 0 bridgehead atoms. The van der Waals surface area contributed by atoms with Gasteiger partial charge in [-0.3, -0.25) is 4.99 Å². The van der Waals surface area contributed by atoms with Crippen LogP contribution < -0.4 is 15.4 Å². The van der Waals surface area contributed by atoms with Crippen LogP contribution in [0.1, 0.15) is 29.5 Å². The SMILES string of the molecule is CN=C(NCCc1cc(C)ccc1OC)NCC1(c2cccc(F)c2)CCOCC1. The number of methoxy groups -OCH3 is 1. The third-order valence-corrected chi connectivity index (χ3v) is 5.83. The number of rotatable bonds is 7. The van der Waals surface area contributed by atoms with Gasteiger partial charge in [-0.15, -0.1) is 0 Å². The fraction of sp³-hybridized carbons (Fsp3) is 0.458. The van der Waals surface area contributed by atoms with Crippen molar-refractivity contribution in [1.82, 2.24) is 10.6 Å². The Morgan fingerprint density at radius 3 is 2.67 bits per heavy atom. The van der Waals surface area contributed by atoms with E-state index in [1.54, 1.807) is 26.3 Å². The van der Waals surface area contributed by atoms with Crippen LogP contribution in [0.5, 0.6) is 5.75 Å². The van der Waals surface area contributed by atoms with Crippen LogP contribution >= 0.6 is 0 Å². The van der Waals surface area contributed by atoms with Gasteiger partial charge in [0.1, 0.15) is 11.6 Å². The molecular weight excluding hydrogens is 381 g/mol. The highest BCUT2D eigenvalue weighted by molar-refractivity contribution is 5.79. The summed E-state index contributed by atoms with van der Waals surface area (Å²) in [4.78, 5) is 4.36. The molecule has 1 heterocycles. The highest BCUT2D eigenvalue weighted by atomic mass is 19.1. The summed E-state index contributed by atoms with van der Waals surface area (Å²) in [6.07, 6.45) is 2.52. The molecule has 1 saturated heterocycles. The Kier molecular flexibility index (Phi) is 7.69. The third-order valence-electron chi connectivity index (χ3n) is 5.83. The number of aryl methyl sites for hydroxylation is 1. The molecule has 162 valence electrons. The van der Waals surface area contributed by atoms with Gasteiger partial charge in [-0.05, 0) is 55.5 Å². The van der Waals surface area contributed by atoms with Crippen molar-refractivity contribution < 1.29 is 13.9 Å². The molecule has 1 fully saturated rings. The molecule has 0 saturated carbocycles. The summed E-state index contributed by atoms with van der Waals surface area (Å²) >= 11 is 0. The van der Waals surface area contributed by atoms with Crippen molar-refractivity contribution in [1.29, 1.82) is 0 Å². The first kappa shape index (κ1) is 22.1. The number of nitrogens with zero attached hydrogens (tertiary/aromatic N) is 1. The Labute approximate surface area is 178 Å². The molecule has 1 aliphatic rings. The van der Waals surface area contributed by atoms with Gasteiger partial charge in [0.25, 0.3) is 0 Å². The van der Waals surface area contributed by atoms with Gasteiger partial charge in [0.05, 0.1) is 7.11 Å². The molecule has 0 aliphatic carbocycles. The Balaban J connectivity index is 1.61. The van der Waals surface area contributed by atoms with Crippen LogP contribution in [0.2, 0.25) is 0 Å². The molecule has 2 aromatic carbocycles. The summed E-state index contributed by atoms with van der Waals surface area (Å²) in [5.74, 6) is 1.44. The first-order valence-electron chi connectivity index (χ1n) is 10.5. The highest BCUT2D eigenvalue weighted by Crippen LogP contribution is 2.34. The maximum absolute atomic E-state index is 13.9. The van der Waals surface area contributed by atoms with Gasteiger partial charge in [0, 0.05) is 38.8 Å². The molecular formula is C24H32FN3O2. The van der Waals surface area contributed by atoms with E-state index < -0.39 is 0 Å². The Morgan fingerprint density at radius 2 is 1.97 bits per heavy atom. The molecule has 1 aliphatic heterocycles. The van der Waals surface area contributed by atoms with E-state index in [1.165, 1.54) is 17.2 Å². The molecule has 6 heteroatoms. The topological polar surface area (TPSA) is 54.9 Å². The summed E-state index contributed by atoms with van der Waals surface area (Å²) in [5, 5.41) is 6.84. The third kappa shape index (κ3) is 5.51. The monoisotopic (exact) mass is 413 g/mol. The smallest absolute Gasteiger partial charge is 0.191 e. The van der Waals surface area contributed by atoms with Crippen molar-refractivity contribution in [2.24, 2.45) is 4.99 Å². The lowest BCUT2D eigenvalue weighted by Gasteiger charge is -2.38. The molecule has 0 atom stereocenters. The molecule has 0 amide bonds. The number of hydrogen-bond acceptors (Lipinski definition) is 3. The molecule has 0 unspecified atom stereocenters. The number of nitrogens with one attached hydrogen (secondary N) is 2. The number of halogens is 1. The minimum Gasteiger partial charge on any atom is -0.496 e. The summed E-state index contributed by atoms with van der Waals surface area (Å²) in [7, 11) is 3.46. The zero-order chi connectivity index (χ0) is 21.4. The number of benzene rings is 2. The normalized spacial score (nSPS) is 16.2. The van der Waals surface area contributed by atoms with E-state index in [0.29, 0.717) is 19.8 Å². The van der Waals surface area contributed by atoms with Crippen molar-refractivity contribution in [2.75, 3.05) is 40.5 Å². The van der Waals surface area contributed by atoms with Crippen LogP contribution in [0.15, 0.2) is 47.5 Å². The van der Waals surface area contributed by atoms with Gasteiger partial charge in [0.15, 0.2) is 5.96 Å². The summed E-state index contributed by atoms with van der Waals surface area (Å²) in [5.41, 5.74) is 3.22. The van der Waals surface area contributed by atoms with Crippen LogP contribution in [0.25, 0.3) is 0 Å². The van der Waals surface area contributed by atoms with E-state index in [2.05, 4.69) is 34.7 Å². The number of aliphatic imine (C=N–C) groups is 1.